The second kappa shape index (κ2) is 9.33. The number of benzene rings is 2. The van der Waals surface area contributed by atoms with Crippen LogP contribution < -0.4 is 10.9 Å². The van der Waals surface area contributed by atoms with E-state index in [2.05, 4.69) is 10.4 Å². The summed E-state index contributed by atoms with van der Waals surface area (Å²) in [6, 6.07) is 12.7. The molecule has 4 rings (SSSR count). The molecule has 0 bridgehead atoms. The fourth-order valence-electron chi connectivity index (χ4n) is 3.39. The third-order valence-electron chi connectivity index (χ3n) is 4.90. The summed E-state index contributed by atoms with van der Waals surface area (Å²) in [4.78, 5) is 38.6. The summed E-state index contributed by atoms with van der Waals surface area (Å²) in [6.07, 6.45) is 0.00155. The number of aryl methyl sites for hydroxylation is 1. The molecule has 0 atom stereocenters. The summed E-state index contributed by atoms with van der Waals surface area (Å²) < 4.78 is 19.4. The summed E-state index contributed by atoms with van der Waals surface area (Å²) in [5.41, 5.74) is 1.55. The van der Waals surface area contributed by atoms with Crippen LogP contribution in [-0.2, 0) is 16.0 Å². The van der Waals surface area contributed by atoms with Crippen molar-refractivity contribution in [1.82, 2.24) is 9.78 Å². The quantitative estimate of drug-likeness (QED) is 0.430. The first kappa shape index (κ1) is 22.3. The van der Waals surface area contributed by atoms with Gasteiger partial charge in [-0.05, 0) is 49.2 Å². The highest BCUT2D eigenvalue weighted by atomic mass is 32.1. The van der Waals surface area contributed by atoms with Gasteiger partial charge < -0.3 is 10.1 Å². The van der Waals surface area contributed by atoms with Crippen molar-refractivity contribution < 1.29 is 18.7 Å². The van der Waals surface area contributed by atoms with E-state index in [9.17, 15) is 18.8 Å². The van der Waals surface area contributed by atoms with E-state index in [-0.39, 0.29) is 35.8 Å². The fourth-order valence-corrected chi connectivity index (χ4v) is 4.34. The molecule has 0 fully saturated rings. The number of carbonyl (C=O) groups excluding carboxylic acids is 2. The number of hydrogen-bond donors (Lipinski definition) is 1. The van der Waals surface area contributed by atoms with Gasteiger partial charge in [-0.3, -0.25) is 9.59 Å². The van der Waals surface area contributed by atoms with Crippen LogP contribution in [0.4, 0.5) is 9.39 Å². The lowest BCUT2D eigenvalue weighted by Gasteiger charge is -2.10. The first-order valence-electron chi connectivity index (χ1n) is 10.2. The summed E-state index contributed by atoms with van der Waals surface area (Å²) in [5.74, 6) is -1.42. The number of nitrogens with one attached hydrogen (secondary N) is 1. The average molecular weight is 466 g/mol. The molecule has 2 heterocycles. The number of ether oxygens (including phenoxy) is 1. The van der Waals surface area contributed by atoms with E-state index in [1.54, 1.807) is 30.5 Å². The van der Waals surface area contributed by atoms with Gasteiger partial charge in [0.2, 0.25) is 5.91 Å². The molecule has 0 aliphatic heterocycles. The van der Waals surface area contributed by atoms with Crippen molar-refractivity contribution in [3.05, 3.63) is 86.9 Å². The van der Waals surface area contributed by atoms with Crippen LogP contribution in [0.1, 0.15) is 28.5 Å². The molecule has 33 heavy (non-hydrogen) atoms. The average Bonchev–Trinajstić information content (AvgIpc) is 3.19. The number of esters is 1. The van der Waals surface area contributed by atoms with Crippen molar-refractivity contribution in [2.45, 2.75) is 20.3 Å². The molecule has 7 nitrogen and oxygen atoms in total. The number of hydrogen-bond acceptors (Lipinski definition) is 6. The maximum Gasteiger partial charge on any atom is 0.359 e. The Morgan fingerprint density at radius 1 is 1.18 bits per heavy atom. The summed E-state index contributed by atoms with van der Waals surface area (Å²) in [7, 11) is 0. The van der Waals surface area contributed by atoms with Crippen LogP contribution in [0.5, 0.6) is 0 Å². The highest BCUT2D eigenvalue weighted by molar-refractivity contribution is 7.16. The minimum absolute atomic E-state index is 0.00155. The van der Waals surface area contributed by atoms with Crippen molar-refractivity contribution in [1.29, 1.82) is 0 Å². The number of aromatic nitrogens is 2. The molecular formula is C24H20FN3O4S. The lowest BCUT2D eigenvalue weighted by Crippen LogP contribution is -2.25. The van der Waals surface area contributed by atoms with Gasteiger partial charge in [-0.2, -0.15) is 9.78 Å². The monoisotopic (exact) mass is 465 g/mol. The Morgan fingerprint density at radius 2 is 1.94 bits per heavy atom. The minimum Gasteiger partial charge on any atom is -0.461 e. The van der Waals surface area contributed by atoms with E-state index in [1.807, 2.05) is 13.0 Å². The first-order valence-corrected chi connectivity index (χ1v) is 11.1. The SMILES string of the molecule is CCOC(=O)c1nn(-c2cccc(C)c2)c(=O)c2c(NC(=O)Cc3ccc(F)cc3)scc12. The molecule has 168 valence electrons. The third kappa shape index (κ3) is 4.68. The van der Waals surface area contributed by atoms with E-state index in [0.717, 1.165) is 21.6 Å². The molecule has 0 aliphatic rings. The van der Waals surface area contributed by atoms with Crippen LogP contribution in [0.15, 0.2) is 58.7 Å². The zero-order valence-electron chi connectivity index (χ0n) is 17.9. The first-order chi connectivity index (χ1) is 15.9. The third-order valence-corrected chi connectivity index (χ3v) is 5.79. The van der Waals surface area contributed by atoms with Gasteiger partial charge >= 0.3 is 5.97 Å². The zero-order chi connectivity index (χ0) is 23.5. The lowest BCUT2D eigenvalue weighted by molar-refractivity contribution is -0.115. The Hall–Kier alpha value is -3.85. The van der Waals surface area contributed by atoms with Crippen molar-refractivity contribution in [2.75, 3.05) is 11.9 Å². The van der Waals surface area contributed by atoms with Crippen LogP contribution >= 0.6 is 11.3 Å². The fraction of sp³-hybridized carbons (Fsp3) is 0.167. The molecule has 0 spiro atoms. The molecule has 0 saturated heterocycles. The minimum atomic E-state index is -0.661. The Kier molecular flexibility index (Phi) is 6.32. The highest BCUT2D eigenvalue weighted by Crippen LogP contribution is 2.31. The van der Waals surface area contributed by atoms with E-state index in [4.69, 9.17) is 4.74 Å². The van der Waals surface area contributed by atoms with Crippen LogP contribution in [0.3, 0.4) is 0 Å². The van der Waals surface area contributed by atoms with Gasteiger partial charge in [-0.15, -0.1) is 11.3 Å². The highest BCUT2D eigenvalue weighted by Gasteiger charge is 2.23. The molecule has 2 aromatic carbocycles. The number of carbonyl (C=O) groups is 2. The van der Waals surface area contributed by atoms with E-state index in [1.165, 1.54) is 24.3 Å². The summed E-state index contributed by atoms with van der Waals surface area (Å²) in [6.45, 7) is 3.71. The standard InChI is InChI=1S/C24H20FN3O4S/c1-3-32-24(31)21-18-13-33-22(26-19(29)12-15-7-9-16(25)10-8-15)20(18)23(30)28(27-21)17-6-4-5-14(2)11-17/h4-11,13H,3,12H2,1-2H3,(H,26,29). The van der Waals surface area contributed by atoms with Gasteiger partial charge in [0.05, 0.1) is 24.1 Å². The Labute approximate surface area is 192 Å². The Balaban J connectivity index is 1.79. The predicted molar refractivity (Wildman–Crippen MR) is 125 cm³/mol. The topological polar surface area (TPSA) is 90.3 Å². The molecular weight excluding hydrogens is 445 g/mol. The second-order valence-electron chi connectivity index (χ2n) is 7.33. The smallest absolute Gasteiger partial charge is 0.359 e. The normalized spacial score (nSPS) is 10.9. The van der Waals surface area contributed by atoms with Gasteiger partial charge in [0.1, 0.15) is 10.8 Å². The molecule has 1 amide bonds. The number of anilines is 1. The molecule has 1 N–H and O–H groups in total. The van der Waals surface area contributed by atoms with E-state index in [0.29, 0.717) is 21.6 Å². The van der Waals surface area contributed by atoms with Gasteiger partial charge in [-0.25, -0.2) is 9.18 Å². The van der Waals surface area contributed by atoms with Crippen molar-refractivity contribution in [3.63, 3.8) is 0 Å². The molecule has 0 unspecified atom stereocenters. The maximum atomic E-state index is 13.4. The number of thiophene rings is 1. The Bertz CT molecular complexity index is 1410. The number of nitrogens with zero attached hydrogens (tertiary/aromatic N) is 2. The van der Waals surface area contributed by atoms with E-state index < -0.39 is 11.5 Å². The number of rotatable bonds is 6. The molecule has 0 radical (unpaired) electrons. The van der Waals surface area contributed by atoms with E-state index >= 15 is 0 Å². The molecule has 2 aromatic heterocycles. The van der Waals surface area contributed by atoms with Gasteiger partial charge in [-0.1, -0.05) is 24.3 Å². The van der Waals surface area contributed by atoms with Crippen LogP contribution in [0.2, 0.25) is 0 Å². The summed E-state index contributed by atoms with van der Waals surface area (Å²) in [5, 5.41) is 9.42. The van der Waals surface area contributed by atoms with Crippen molar-refractivity contribution in [2.24, 2.45) is 0 Å². The predicted octanol–water partition coefficient (Wildman–Crippen LogP) is 4.25. The molecule has 0 aliphatic carbocycles. The molecule has 4 aromatic rings. The number of halogens is 1. The number of amides is 1. The largest absolute Gasteiger partial charge is 0.461 e. The van der Waals surface area contributed by atoms with Crippen molar-refractivity contribution >= 4 is 39.0 Å². The van der Waals surface area contributed by atoms with Crippen molar-refractivity contribution in [3.8, 4) is 5.69 Å². The van der Waals surface area contributed by atoms with Gasteiger partial charge in [0.25, 0.3) is 5.56 Å². The Morgan fingerprint density at radius 3 is 2.64 bits per heavy atom. The zero-order valence-corrected chi connectivity index (χ0v) is 18.7. The molecule has 0 saturated carbocycles. The second-order valence-corrected chi connectivity index (χ2v) is 8.21. The van der Waals surface area contributed by atoms with Gasteiger partial charge in [0, 0.05) is 10.8 Å². The number of fused-ring (bicyclic) bond motifs is 1. The summed E-state index contributed by atoms with van der Waals surface area (Å²) >= 11 is 1.12. The van der Waals surface area contributed by atoms with Crippen LogP contribution in [0.25, 0.3) is 16.5 Å². The van der Waals surface area contributed by atoms with Crippen LogP contribution in [0, 0.1) is 12.7 Å². The maximum absolute atomic E-state index is 13.4. The lowest BCUT2D eigenvalue weighted by atomic mass is 10.1. The van der Waals surface area contributed by atoms with Crippen LogP contribution in [-0.4, -0.2) is 28.3 Å². The molecule has 9 heteroatoms. The van der Waals surface area contributed by atoms with Gasteiger partial charge in [0.15, 0.2) is 5.69 Å².